The highest BCUT2D eigenvalue weighted by Gasteiger charge is 2.43. The van der Waals surface area contributed by atoms with E-state index in [1.165, 1.54) is 0 Å². The zero-order valence-corrected chi connectivity index (χ0v) is 15.3. The Balaban J connectivity index is 1.33. The van der Waals surface area contributed by atoms with Gasteiger partial charge in [-0.1, -0.05) is 18.2 Å². The third-order valence-electron chi connectivity index (χ3n) is 5.64. The van der Waals surface area contributed by atoms with Gasteiger partial charge in [-0.2, -0.15) is 0 Å². The van der Waals surface area contributed by atoms with E-state index in [0.29, 0.717) is 44.0 Å². The molecule has 1 aromatic carbocycles. The fraction of sp³-hybridized carbons (Fsp3) is 0.550. The van der Waals surface area contributed by atoms with Crippen LogP contribution in [0.3, 0.4) is 0 Å². The van der Waals surface area contributed by atoms with Gasteiger partial charge in [-0.15, -0.1) is 0 Å². The fourth-order valence-electron chi connectivity index (χ4n) is 4.03. The first-order valence-electron chi connectivity index (χ1n) is 9.79. The van der Waals surface area contributed by atoms with E-state index < -0.39 is 0 Å². The minimum Gasteiger partial charge on any atom is -0.353 e. The van der Waals surface area contributed by atoms with Crippen molar-refractivity contribution < 1.29 is 14.4 Å². The number of carbonyl (C=O) groups is 3. The van der Waals surface area contributed by atoms with Crippen molar-refractivity contribution in [2.75, 3.05) is 13.1 Å². The standard InChI is InChI=1S/C20H26N4O3/c25-18(22-14-6-7-14)9-8-16-11-21-20(27)17-10-15(12-24(16)17)23-19(26)13-4-2-1-3-5-13/h1-5,14-17H,6-12H2,(H,21,27)(H,22,25)(H,23,26). The molecule has 0 spiro atoms. The lowest BCUT2D eigenvalue weighted by Crippen LogP contribution is -2.58. The van der Waals surface area contributed by atoms with Gasteiger partial charge in [0.25, 0.3) is 5.91 Å². The molecule has 2 aliphatic heterocycles. The molecule has 1 aromatic rings. The lowest BCUT2D eigenvalue weighted by Gasteiger charge is -2.37. The van der Waals surface area contributed by atoms with Crippen molar-refractivity contribution >= 4 is 17.7 Å². The number of nitrogens with zero attached hydrogens (tertiary/aromatic N) is 1. The summed E-state index contributed by atoms with van der Waals surface area (Å²) in [4.78, 5) is 38.8. The average molecular weight is 370 g/mol. The van der Waals surface area contributed by atoms with Crippen LogP contribution in [0.1, 0.15) is 42.5 Å². The number of amides is 3. The van der Waals surface area contributed by atoms with Crippen LogP contribution in [0.4, 0.5) is 0 Å². The molecule has 3 N–H and O–H groups in total. The molecule has 3 aliphatic rings. The minimum absolute atomic E-state index is 0.0187. The topological polar surface area (TPSA) is 90.5 Å². The maximum Gasteiger partial charge on any atom is 0.251 e. The highest BCUT2D eigenvalue weighted by Crippen LogP contribution is 2.26. The second kappa shape index (κ2) is 7.68. The van der Waals surface area contributed by atoms with Crippen molar-refractivity contribution in [2.45, 2.75) is 56.3 Å². The molecule has 0 bridgehead atoms. The van der Waals surface area contributed by atoms with Crippen LogP contribution in [0.5, 0.6) is 0 Å². The number of piperazine rings is 1. The quantitative estimate of drug-likeness (QED) is 0.677. The number of fused-ring (bicyclic) bond motifs is 1. The summed E-state index contributed by atoms with van der Waals surface area (Å²) in [7, 11) is 0. The molecule has 2 heterocycles. The molecule has 1 aliphatic carbocycles. The van der Waals surface area contributed by atoms with E-state index in [4.69, 9.17) is 0 Å². The number of rotatable bonds is 6. The fourth-order valence-corrected chi connectivity index (χ4v) is 4.03. The summed E-state index contributed by atoms with van der Waals surface area (Å²) in [5, 5.41) is 9.03. The van der Waals surface area contributed by atoms with Gasteiger partial charge < -0.3 is 16.0 Å². The van der Waals surface area contributed by atoms with Crippen LogP contribution in [0.2, 0.25) is 0 Å². The number of hydrogen-bond acceptors (Lipinski definition) is 4. The summed E-state index contributed by atoms with van der Waals surface area (Å²) >= 11 is 0. The second-order valence-electron chi connectivity index (χ2n) is 7.76. The lowest BCUT2D eigenvalue weighted by molar-refractivity contribution is -0.129. The molecule has 0 aromatic heterocycles. The van der Waals surface area contributed by atoms with Gasteiger partial charge in [-0.3, -0.25) is 19.3 Å². The van der Waals surface area contributed by atoms with Crippen LogP contribution in [0.15, 0.2) is 30.3 Å². The van der Waals surface area contributed by atoms with E-state index >= 15 is 0 Å². The summed E-state index contributed by atoms with van der Waals surface area (Å²) in [6.07, 6.45) is 3.97. The highest BCUT2D eigenvalue weighted by atomic mass is 16.2. The molecule has 3 atom stereocenters. The van der Waals surface area contributed by atoms with Gasteiger partial charge in [0.1, 0.15) is 0 Å². The number of benzene rings is 1. The van der Waals surface area contributed by atoms with Crippen molar-refractivity contribution in [2.24, 2.45) is 0 Å². The first-order valence-corrected chi connectivity index (χ1v) is 9.79. The summed E-state index contributed by atoms with van der Waals surface area (Å²) in [5.74, 6) is 0.00503. The maximum absolute atomic E-state index is 12.4. The summed E-state index contributed by atoms with van der Waals surface area (Å²) in [6.45, 7) is 1.21. The Kier molecular flexibility index (Phi) is 5.11. The van der Waals surface area contributed by atoms with E-state index in [1.807, 2.05) is 18.2 Å². The first-order chi connectivity index (χ1) is 13.1. The van der Waals surface area contributed by atoms with Gasteiger partial charge in [0.05, 0.1) is 6.04 Å². The predicted molar refractivity (Wildman–Crippen MR) is 100 cm³/mol. The summed E-state index contributed by atoms with van der Waals surface area (Å²) in [5.41, 5.74) is 0.625. The molecule has 0 radical (unpaired) electrons. The van der Waals surface area contributed by atoms with Crippen LogP contribution < -0.4 is 16.0 Å². The molecule has 3 fully saturated rings. The third-order valence-corrected chi connectivity index (χ3v) is 5.64. The Labute approximate surface area is 158 Å². The monoisotopic (exact) mass is 370 g/mol. The number of carbonyl (C=O) groups excluding carboxylic acids is 3. The van der Waals surface area contributed by atoms with Crippen LogP contribution in [0.25, 0.3) is 0 Å². The Hall–Kier alpha value is -2.41. The van der Waals surface area contributed by atoms with Crippen molar-refractivity contribution in [3.63, 3.8) is 0 Å². The summed E-state index contributed by atoms with van der Waals surface area (Å²) < 4.78 is 0. The van der Waals surface area contributed by atoms with Crippen LogP contribution in [-0.2, 0) is 9.59 Å². The molecular formula is C20H26N4O3. The van der Waals surface area contributed by atoms with Crippen molar-refractivity contribution in [3.05, 3.63) is 35.9 Å². The summed E-state index contributed by atoms with van der Waals surface area (Å²) in [6, 6.07) is 9.34. The van der Waals surface area contributed by atoms with Gasteiger partial charge in [0.15, 0.2) is 0 Å². The normalized spacial score (nSPS) is 27.6. The van der Waals surface area contributed by atoms with Gasteiger partial charge in [-0.05, 0) is 37.8 Å². The van der Waals surface area contributed by atoms with Gasteiger partial charge >= 0.3 is 0 Å². The van der Waals surface area contributed by atoms with Crippen molar-refractivity contribution in [1.29, 1.82) is 0 Å². The van der Waals surface area contributed by atoms with E-state index in [9.17, 15) is 14.4 Å². The first kappa shape index (κ1) is 18.0. The van der Waals surface area contributed by atoms with E-state index in [1.54, 1.807) is 12.1 Å². The predicted octanol–water partition coefficient (Wildman–Crippen LogP) is 0.417. The average Bonchev–Trinajstić information content (AvgIpc) is 3.38. The Bertz CT molecular complexity index is 719. The Morgan fingerprint density at radius 3 is 2.63 bits per heavy atom. The zero-order valence-electron chi connectivity index (χ0n) is 15.3. The molecule has 144 valence electrons. The Morgan fingerprint density at radius 1 is 1.11 bits per heavy atom. The van der Waals surface area contributed by atoms with Crippen molar-refractivity contribution in [3.8, 4) is 0 Å². The number of hydrogen-bond donors (Lipinski definition) is 3. The van der Waals surface area contributed by atoms with Crippen molar-refractivity contribution in [1.82, 2.24) is 20.9 Å². The molecule has 7 heteroatoms. The number of nitrogens with one attached hydrogen (secondary N) is 3. The van der Waals surface area contributed by atoms with Crippen LogP contribution in [0, 0.1) is 0 Å². The lowest BCUT2D eigenvalue weighted by atomic mass is 10.0. The second-order valence-corrected chi connectivity index (χ2v) is 7.76. The molecule has 7 nitrogen and oxygen atoms in total. The van der Waals surface area contributed by atoms with E-state index in [-0.39, 0.29) is 35.8 Å². The van der Waals surface area contributed by atoms with Gasteiger partial charge in [0.2, 0.25) is 11.8 Å². The molecule has 27 heavy (non-hydrogen) atoms. The van der Waals surface area contributed by atoms with Crippen LogP contribution >= 0.6 is 0 Å². The maximum atomic E-state index is 12.4. The smallest absolute Gasteiger partial charge is 0.251 e. The molecule has 2 saturated heterocycles. The largest absolute Gasteiger partial charge is 0.353 e. The van der Waals surface area contributed by atoms with E-state index in [2.05, 4.69) is 20.9 Å². The van der Waals surface area contributed by atoms with Gasteiger partial charge in [-0.25, -0.2) is 0 Å². The minimum atomic E-state index is -0.226. The van der Waals surface area contributed by atoms with Crippen LogP contribution in [-0.4, -0.2) is 59.9 Å². The SMILES string of the molecule is O=C(CCC1CNC(=O)C2CC(NC(=O)c3ccccc3)CN12)NC1CC1. The van der Waals surface area contributed by atoms with E-state index in [0.717, 1.165) is 12.8 Å². The molecule has 3 amide bonds. The van der Waals surface area contributed by atoms with Gasteiger partial charge in [0, 0.05) is 43.2 Å². The highest BCUT2D eigenvalue weighted by molar-refractivity contribution is 5.94. The molecule has 1 saturated carbocycles. The zero-order chi connectivity index (χ0) is 18.8. The molecule has 4 rings (SSSR count). The Morgan fingerprint density at radius 2 is 1.89 bits per heavy atom. The molecule has 3 unspecified atom stereocenters. The third kappa shape index (κ3) is 4.30. The molecular weight excluding hydrogens is 344 g/mol.